The number of nitrogens with zero attached hydrogens (tertiary/aromatic N) is 1. The highest BCUT2D eigenvalue weighted by Crippen LogP contribution is 2.54. The van der Waals surface area contributed by atoms with Gasteiger partial charge in [-0.1, -0.05) is 48.5 Å². The van der Waals surface area contributed by atoms with Crippen molar-refractivity contribution >= 4 is 5.69 Å². The first kappa shape index (κ1) is 26.4. The lowest BCUT2D eigenvalue weighted by atomic mass is 9.57. The van der Waals surface area contributed by atoms with Crippen LogP contribution in [0.15, 0.2) is 72.8 Å². The predicted octanol–water partition coefficient (Wildman–Crippen LogP) is 7.56. The van der Waals surface area contributed by atoms with Crippen molar-refractivity contribution in [3.8, 4) is 5.75 Å². The van der Waals surface area contributed by atoms with Crippen LogP contribution in [-0.2, 0) is 15.9 Å². The van der Waals surface area contributed by atoms with Gasteiger partial charge in [-0.2, -0.15) is 0 Å². The smallest absolute Gasteiger partial charge is 0.159 e. The Morgan fingerprint density at radius 3 is 2.18 bits per heavy atom. The van der Waals surface area contributed by atoms with Crippen molar-refractivity contribution in [3.05, 3.63) is 95.1 Å². The van der Waals surface area contributed by atoms with Crippen LogP contribution in [0.3, 0.4) is 0 Å². The zero-order valence-corrected chi connectivity index (χ0v) is 24.2. The van der Waals surface area contributed by atoms with E-state index in [9.17, 15) is 0 Å². The van der Waals surface area contributed by atoms with Crippen LogP contribution in [0.5, 0.6) is 5.75 Å². The Morgan fingerprint density at radius 1 is 0.846 bits per heavy atom. The van der Waals surface area contributed by atoms with Crippen molar-refractivity contribution < 1.29 is 14.2 Å². The minimum absolute atomic E-state index is 0.0593. The van der Waals surface area contributed by atoms with Crippen LogP contribution in [0, 0.1) is 11.3 Å². The Hall–Kier alpha value is -2.82. The van der Waals surface area contributed by atoms with E-state index in [0.717, 1.165) is 31.7 Å². The van der Waals surface area contributed by atoms with Gasteiger partial charge in [-0.3, -0.25) is 0 Å². The molecule has 1 spiro atoms. The fourth-order valence-corrected chi connectivity index (χ4v) is 7.51. The van der Waals surface area contributed by atoms with E-state index < -0.39 is 0 Å². The van der Waals surface area contributed by atoms with Gasteiger partial charge in [-0.05, 0) is 98.9 Å². The lowest BCUT2D eigenvalue weighted by Gasteiger charge is -2.60. The number of benzene rings is 3. The average molecular weight is 526 g/mol. The molecular formula is C35H43NO3. The van der Waals surface area contributed by atoms with E-state index in [1.165, 1.54) is 40.8 Å². The van der Waals surface area contributed by atoms with E-state index in [1.807, 2.05) is 0 Å². The van der Waals surface area contributed by atoms with Crippen LogP contribution in [0.2, 0.25) is 0 Å². The molecule has 1 heterocycles. The molecule has 1 aliphatic heterocycles. The summed E-state index contributed by atoms with van der Waals surface area (Å²) in [7, 11) is 3.50. The van der Waals surface area contributed by atoms with E-state index in [-0.39, 0.29) is 11.9 Å². The number of hydrogen-bond acceptors (Lipinski definition) is 4. The van der Waals surface area contributed by atoms with Crippen molar-refractivity contribution in [3.63, 3.8) is 0 Å². The van der Waals surface area contributed by atoms with E-state index in [2.05, 4.69) is 98.5 Å². The SMILES string of the molecule is COC(OC)C1CC2(C1)CN(c1ccc([C@@H]3c4ccc(OC(C)(C)C)cc4CC[C@@H]3c3ccccc3)cc1)C2. The molecule has 1 saturated heterocycles. The third kappa shape index (κ3) is 5.21. The maximum absolute atomic E-state index is 6.22. The predicted molar refractivity (Wildman–Crippen MR) is 158 cm³/mol. The minimum Gasteiger partial charge on any atom is -0.488 e. The molecule has 0 unspecified atom stereocenters. The van der Waals surface area contributed by atoms with Crippen LogP contribution in [-0.4, -0.2) is 39.2 Å². The highest BCUT2D eigenvalue weighted by molar-refractivity contribution is 5.54. The summed E-state index contributed by atoms with van der Waals surface area (Å²) in [5.41, 5.74) is 7.29. The van der Waals surface area contributed by atoms with E-state index in [1.54, 1.807) is 14.2 Å². The number of rotatable bonds is 7. The number of ether oxygens (including phenoxy) is 3. The van der Waals surface area contributed by atoms with Crippen molar-refractivity contribution in [2.75, 3.05) is 32.2 Å². The zero-order valence-electron chi connectivity index (χ0n) is 24.2. The molecule has 3 aromatic rings. The Balaban J connectivity index is 1.22. The average Bonchev–Trinajstić information content (AvgIpc) is 2.88. The van der Waals surface area contributed by atoms with E-state index in [0.29, 0.717) is 23.2 Å². The minimum atomic E-state index is -0.199. The van der Waals surface area contributed by atoms with Crippen LogP contribution in [0.1, 0.15) is 74.1 Å². The van der Waals surface area contributed by atoms with Gasteiger partial charge < -0.3 is 19.1 Å². The molecule has 4 heteroatoms. The van der Waals surface area contributed by atoms with Crippen LogP contribution < -0.4 is 9.64 Å². The highest BCUT2D eigenvalue weighted by Gasteiger charge is 2.54. The normalized spacial score (nSPS) is 22.4. The molecule has 0 radical (unpaired) electrons. The van der Waals surface area contributed by atoms with Crippen molar-refractivity contribution in [2.24, 2.45) is 11.3 Å². The Morgan fingerprint density at radius 2 is 1.54 bits per heavy atom. The Labute approximate surface area is 234 Å². The summed E-state index contributed by atoms with van der Waals surface area (Å²) in [6, 6.07) is 27.3. The van der Waals surface area contributed by atoms with Gasteiger partial charge in [-0.15, -0.1) is 0 Å². The number of hydrogen-bond donors (Lipinski definition) is 0. The van der Waals surface area contributed by atoms with Crippen LogP contribution in [0.25, 0.3) is 0 Å². The second kappa shape index (κ2) is 10.3. The topological polar surface area (TPSA) is 30.9 Å². The lowest BCUT2D eigenvalue weighted by molar-refractivity contribution is -0.184. The summed E-state index contributed by atoms with van der Waals surface area (Å²) < 4.78 is 17.2. The maximum Gasteiger partial charge on any atom is 0.159 e. The Kier molecular flexibility index (Phi) is 6.97. The summed E-state index contributed by atoms with van der Waals surface area (Å²) >= 11 is 0. The first-order valence-electron chi connectivity index (χ1n) is 14.5. The monoisotopic (exact) mass is 525 g/mol. The molecule has 2 fully saturated rings. The Bertz CT molecular complexity index is 1260. The lowest BCUT2D eigenvalue weighted by Crippen LogP contribution is -2.64. The maximum atomic E-state index is 6.22. The van der Waals surface area contributed by atoms with E-state index in [4.69, 9.17) is 14.2 Å². The first-order valence-corrected chi connectivity index (χ1v) is 14.5. The van der Waals surface area contributed by atoms with Crippen molar-refractivity contribution in [1.29, 1.82) is 0 Å². The summed E-state index contributed by atoms with van der Waals surface area (Å²) in [5.74, 6) is 2.30. The molecule has 2 atom stereocenters. The second-order valence-corrected chi connectivity index (χ2v) is 13.1. The molecule has 39 heavy (non-hydrogen) atoms. The summed E-state index contributed by atoms with van der Waals surface area (Å²) in [6.45, 7) is 8.61. The molecule has 3 aromatic carbocycles. The molecule has 2 aliphatic carbocycles. The van der Waals surface area contributed by atoms with Gasteiger partial charge in [-0.25, -0.2) is 0 Å². The number of anilines is 1. The molecule has 0 N–H and O–H groups in total. The van der Waals surface area contributed by atoms with Gasteiger partial charge in [0.2, 0.25) is 0 Å². The number of aryl methyl sites for hydroxylation is 1. The fourth-order valence-electron chi connectivity index (χ4n) is 7.51. The van der Waals surface area contributed by atoms with Crippen LogP contribution in [0.4, 0.5) is 5.69 Å². The molecule has 3 aliphatic rings. The van der Waals surface area contributed by atoms with Gasteiger partial charge in [0.05, 0.1) is 0 Å². The highest BCUT2D eigenvalue weighted by atomic mass is 16.7. The molecule has 6 rings (SSSR count). The number of fused-ring (bicyclic) bond motifs is 1. The van der Waals surface area contributed by atoms with Gasteiger partial charge in [0, 0.05) is 50.2 Å². The first-order chi connectivity index (χ1) is 18.8. The second-order valence-electron chi connectivity index (χ2n) is 13.1. The molecule has 206 valence electrons. The fraction of sp³-hybridized carbons (Fsp3) is 0.486. The molecule has 0 amide bonds. The molecule has 0 aromatic heterocycles. The molecular weight excluding hydrogens is 482 g/mol. The summed E-state index contributed by atoms with van der Waals surface area (Å²) in [5, 5.41) is 0. The standard InChI is InChI=1S/C35H43NO3/c1-34(2,3)39-29-16-18-31-26(19-29)13-17-30(24-9-7-6-8-10-24)32(31)25-11-14-28(15-12-25)36-22-35(23-36)20-27(21-35)33(37-4)38-5/h6-12,14-16,18-19,27,30,32-33H,13,17,20-23H2,1-5H3/t30-,32+/m1/s1. The van der Waals surface area contributed by atoms with Gasteiger partial charge >= 0.3 is 0 Å². The van der Waals surface area contributed by atoms with E-state index >= 15 is 0 Å². The van der Waals surface area contributed by atoms with Gasteiger partial charge in [0.15, 0.2) is 6.29 Å². The number of methoxy groups -OCH3 is 2. The molecule has 4 nitrogen and oxygen atoms in total. The summed E-state index contributed by atoms with van der Waals surface area (Å²) in [4.78, 5) is 2.54. The largest absolute Gasteiger partial charge is 0.488 e. The third-order valence-electron chi connectivity index (χ3n) is 9.14. The third-order valence-corrected chi connectivity index (χ3v) is 9.14. The van der Waals surface area contributed by atoms with Crippen LogP contribution >= 0.6 is 0 Å². The van der Waals surface area contributed by atoms with Crippen molar-refractivity contribution in [1.82, 2.24) is 0 Å². The van der Waals surface area contributed by atoms with Gasteiger partial charge in [0.1, 0.15) is 11.4 Å². The molecule has 1 saturated carbocycles. The van der Waals surface area contributed by atoms with Gasteiger partial charge in [0.25, 0.3) is 0 Å². The summed E-state index contributed by atoms with van der Waals surface area (Å²) in [6.07, 6.45) is 4.56. The van der Waals surface area contributed by atoms with Crippen molar-refractivity contribution in [2.45, 2.75) is 70.2 Å². The zero-order chi connectivity index (χ0) is 27.2. The molecule has 0 bridgehead atoms. The quantitative estimate of drug-likeness (QED) is 0.298.